The van der Waals surface area contributed by atoms with Gasteiger partial charge in [0, 0.05) is 17.1 Å². The van der Waals surface area contributed by atoms with Crippen molar-refractivity contribution >= 4 is 39.8 Å². The fourth-order valence-corrected chi connectivity index (χ4v) is 4.51. The monoisotopic (exact) mass is 405 g/mol. The Labute approximate surface area is 174 Å². The Morgan fingerprint density at radius 3 is 2.59 bits per heavy atom. The molecule has 7 heteroatoms. The lowest BCUT2D eigenvalue weighted by molar-refractivity contribution is -0.114. The number of hydrogen-bond acceptors (Lipinski definition) is 4. The lowest BCUT2D eigenvalue weighted by atomic mass is 10.1. The Kier molecular flexibility index (Phi) is 5.00. The highest BCUT2D eigenvalue weighted by atomic mass is 32.2. The molecule has 1 aromatic carbocycles. The molecule has 0 saturated heterocycles. The first-order valence-corrected chi connectivity index (χ1v) is 10.5. The van der Waals surface area contributed by atoms with Crippen LogP contribution in [0.3, 0.4) is 0 Å². The number of carbonyl (C=O) groups excluding carboxylic acids is 1. The van der Waals surface area contributed by atoms with Crippen LogP contribution in [-0.2, 0) is 4.79 Å². The van der Waals surface area contributed by atoms with Crippen molar-refractivity contribution < 1.29 is 4.79 Å². The molecule has 0 atom stereocenters. The summed E-state index contributed by atoms with van der Waals surface area (Å²) in [6.45, 7) is 8.20. The number of hydrazone groups is 1. The first-order valence-electron chi connectivity index (χ1n) is 9.64. The van der Waals surface area contributed by atoms with E-state index in [4.69, 9.17) is 5.41 Å². The van der Waals surface area contributed by atoms with Gasteiger partial charge < -0.3 is 4.57 Å². The topological polar surface area (TPSA) is 73.8 Å². The van der Waals surface area contributed by atoms with Crippen molar-refractivity contribution in [1.82, 2.24) is 9.58 Å². The van der Waals surface area contributed by atoms with E-state index in [0.29, 0.717) is 5.17 Å². The number of hydrogen-bond donors (Lipinski definition) is 1. The van der Waals surface area contributed by atoms with Crippen molar-refractivity contribution in [3.63, 3.8) is 0 Å². The molecule has 1 N–H and O–H groups in total. The van der Waals surface area contributed by atoms with E-state index in [2.05, 4.69) is 52.8 Å². The van der Waals surface area contributed by atoms with E-state index in [1.165, 1.54) is 22.3 Å². The number of rotatable bonds is 4. The van der Waals surface area contributed by atoms with Gasteiger partial charge in [0.05, 0.1) is 5.57 Å². The van der Waals surface area contributed by atoms with Crippen LogP contribution in [0.25, 0.3) is 11.8 Å². The van der Waals surface area contributed by atoms with Crippen molar-refractivity contribution in [3.8, 4) is 5.69 Å². The Balaban J connectivity index is 1.72. The molecule has 0 fully saturated rings. The molecule has 3 heterocycles. The maximum Gasteiger partial charge on any atom is 0.283 e. The zero-order valence-corrected chi connectivity index (χ0v) is 17.8. The van der Waals surface area contributed by atoms with Gasteiger partial charge in [-0.2, -0.15) is 15.1 Å². The molecule has 148 valence electrons. The summed E-state index contributed by atoms with van der Waals surface area (Å²) in [5, 5.41) is 15.8. The Morgan fingerprint density at radius 1 is 1.17 bits per heavy atom. The maximum atomic E-state index is 12.6. The predicted octanol–water partition coefficient (Wildman–Crippen LogP) is 4.82. The lowest BCUT2D eigenvalue weighted by Gasteiger charge is -2.20. The van der Waals surface area contributed by atoms with E-state index in [9.17, 15) is 4.79 Å². The van der Waals surface area contributed by atoms with Gasteiger partial charge in [-0.05, 0) is 75.2 Å². The number of nitrogens with one attached hydrogen (secondary N) is 1. The minimum absolute atomic E-state index is 0.0822. The average Bonchev–Trinajstić information content (AvgIpc) is 3.20. The van der Waals surface area contributed by atoms with Crippen molar-refractivity contribution in [2.45, 2.75) is 40.5 Å². The van der Waals surface area contributed by atoms with Gasteiger partial charge in [0.25, 0.3) is 5.91 Å². The van der Waals surface area contributed by atoms with Crippen molar-refractivity contribution in [1.29, 1.82) is 5.41 Å². The normalized spacial score (nSPS) is 17.7. The molecule has 0 radical (unpaired) electrons. The molecule has 0 unspecified atom stereocenters. The minimum atomic E-state index is -0.387. The SMILES string of the molecule is CCCC1=NN2C(=N)/C(=C\c3cc(C)n(-c4ccc(C)cc4)c3C)C(=O)N=C2S1. The quantitative estimate of drug-likeness (QED) is 0.741. The standard InChI is InChI=1S/C22H23N5OS/c1-5-6-19-25-27-20(23)18(21(28)24-22(27)29-19)12-16-11-14(3)26(15(16)4)17-9-7-13(2)8-10-17/h7-12,23H,5-6H2,1-4H3/b18-12+,23-20?. The van der Waals surface area contributed by atoms with Crippen molar-refractivity contribution in [2.75, 3.05) is 0 Å². The fourth-order valence-electron chi connectivity index (χ4n) is 3.53. The molecular weight excluding hydrogens is 382 g/mol. The van der Waals surface area contributed by atoms with Gasteiger partial charge in [-0.1, -0.05) is 24.6 Å². The van der Waals surface area contributed by atoms with Crippen LogP contribution in [0.1, 0.15) is 42.3 Å². The molecule has 2 aromatic rings. The number of amides is 1. The summed E-state index contributed by atoms with van der Waals surface area (Å²) < 4.78 is 2.15. The first kappa shape index (κ1) is 19.4. The van der Waals surface area contributed by atoms with Crippen LogP contribution in [-0.4, -0.2) is 31.5 Å². The molecule has 0 bridgehead atoms. The van der Waals surface area contributed by atoms with E-state index in [-0.39, 0.29) is 17.3 Å². The second-order valence-electron chi connectivity index (χ2n) is 7.26. The summed E-state index contributed by atoms with van der Waals surface area (Å²) in [5.74, 6) is -0.305. The van der Waals surface area contributed by atoms with Gasteiger partial charge in [0.1, 0.15) is 5.04 Å². The molecule has 1 aromatic heterocycles. The molecule has 29 heavy (non-hydrogen) atoms. The third-order valence-corrected chi connectivity index (χ3v) is 5.99. The van der Waals surface area contributed by atoms with E-state index in [1.54, 1.807) is 6.08 Å². The summed E-state index contributed by atoms with van der Waals surface area (Å²) in [5.41, 5.74) is 5.53. The molecule has 0 saturated carbocycles. The molecule has 0 aliphatic carbocycles. The number of fused-ring (bicyclic) bond motifs is 1. The predicted molar refractivity (Wildman–Crippen MR) is 120 cm³/mol. The van der Waals surface area contributed by atoms with Crippen molar-refractivity contribution in [3.05, 3.63) is 58.4 Å². The number of benzene rings is 1. The van der Waals surface area contributed by atoms with Crippen LogP contribution in [0, 0.1) is 26.2 Å². The number of amidine groups is 2. The summed E-state index contributed by atoms with van der Waals surface area (Å²) in [4.78, 5) is 16.8. The van der Waals surface area contributed by atoms with Crippen LogP contribution in [0.4, 0.5) is 0 Å². The summed E-state index contributed by atoms with van der Waals surface area (Å²) >= 11 is 1.38. The van der Waals surface area contributed by atoms with Gasteiger partial charge in [0.15, 0.2) is 5.84 Å². The molecule has 1 amide bonds. The van der Waals surface area contributed by atoms with Crippen LogP contribution >= 0.6 is 11.8 Å². The summed E-state index contributed by atoms with van der Waals surface area (Å²) in [6, 6.07) is 10.4. The highest BCUT2D eigenvalue weighted by Gasteiger charge is 2.35. The molecule has 2 aliphatic heterocycles. The van der Waals surface area contributed by atoms with E-state index in [0.717, 1.165) is 40.5 Å². The highest BCUT2D eigenvalue weighted by Crippen LogP contribution is 2.31. The third kappa shape index (κ3) is 3.46. The van der Waals surface area contributed by atoms with Gasteiger partial charge >= 0.3 is 0 Å². The third-order valence-electron chi connectivity index (χ3n) is 5.02. The first-order chi connectivity index (χ1) is 13.9. The van der Waals surface area contributed by atoms with Gasteiger partial charge in [-0.25, -0.2) is 0 Å². The summed E-state index contributed by atoms with van der Waals surface area (Å²) in [7, 11) is 0. The van der Waals surface area contributed by atoms with Gasteiger partial charge in [0.2, 0.25) is 5.17 Å². The second-order valence-corrected chi connectivity index (χ2v) is 8.30. The summed E-state index contributed by atoms with van der Waals surface area (Å²) in [6.07, 6.45) is 3.54. The maximum absolute atomic E-state index is 12.6. The number of aromatic nitrogens is 1. The Morgan fingerprint density at radius 2 is 1.90 bits per heavy atom. The highest BCUT2D eigenvalue weighted by molar-refractivity contribution is 8.26. The molecule has 0 spiro atoms. The Bertz CT molecular complexity index is 1100. The van der Waals surface area contributed by atoms with Crippen LogP contribution in [0.2, 0.25) is 0 Å². The number of carbonyl (C=O) groups is 1. The van der Waals surface area contributed by atoms with Crippen LogP contribution in [0.15, 0.2) is 46.0 Å². The van der Waals surface area contributed by atoms with E-state index in [1.807, 2.05) is 19.9 Å². The number of thioether (sulfide) groups is 1. The molecule has 6 nitrogen and oxygen atoms in total. The molecular formula is C22H23N5OS. The smallest absolute Gasteiger partial charge is 0.283 e. The minimum Gasteiger partial charge on any atom is -0.318 e. The number of aryl methyl sites for hydroxylation is 2. The zero-order chi connectivity index (χ0) is 20.7. The second kappa shape index (κ2) is 7.48. The van der Waals surface area contributed by atoms with Crippen molar-refractivity contribution in [2.24, 2.45) is 10.1 Å². The molecule has 2 aliphatic rings. The van der Waals surface area contributed by atoms with Crippen LogP contribution in [0.5, 0.6) is 0 Å². The van der Waals surface area contributed by atoms with Gasteiger partial charge in [-0.3, -0.25) is 10.2 Å². The van der Waals surface area contributed by atoms with Crippen LogP contribution < -0.4 is 0 Å². The van der Waals surface area contributed by atoms with Gasteiger partial charge in [-0.15, -0.1) is 0 Å². The Hall–Kier alpha value is -2.93. The van der Waals surface area contributed by atoms with E-state index >= 15 is 0 Å². The van der Waals surface area contributed by atoms with E-state index < -0.39 is 0 Å². The zero-order valence-electron chi connectivity index (χ0n) is 17.0. The molecule has 4 rings (SSSR count). The fraction of sp³-hybridized carbons (Fsp3) is 0.273. The number of aliphatic imine (C=N–C) groups is 1. The number of nitrogens with zero attached hydrogens (tertiary/aromatic N) is 4. The lowest BCUT2D eigenvalue weighted by Crippen LogP contribution is -2.35. The average molecular weight is 406 g/mol. The largest absolute Gasteiger partial charge is 0.318 e.